The predicted molar refractivity (Wildman–Crippen MR) is 61.9 cm³/mol. The fraction of sp³-hybridized carbons (Fsp3) is 1.00. The topological polar surface area (TPSA) is 88.4 Å². The molecule has 0 amide bonds. The van der Waals surface area contributed by atoms with E-state index in [1.54, 1.807) is 0 Å². The summed E-state index contributed by atoms with van der Waals surface area (Å²) in [6.07, 6.45) is -1.88. The molecule has 0 radical (unpaired) electrons. The second-order valence-corrected chi connectivity index (χ2v) is 5.23. The molecule has 2 rings (SSSR count). The van der Waals surface area contributed by atoms with Crippen LogP contribution in [0.4, 0.5) is 0 Å². The molecule has 3 N–H and O–H groups in total. The minimum absolute atomic E-state index is 0.170. The van der Waals surface area contributed by atoms with Gasteiger partial charge < -0.3 is 29.5 Å². The second-order valence-electron chi connectivity index (χ2n) is 5.23. The van der Waals surface area contributed by atoms with Gasteiger partial charge in [0.15, 0.2) is 6.29 Å². The highest BCUT2D eigenvalue weighted by Crippen LogP contribution is 2.25. The van der Waals surface area contributed by atoms with Crippen molar-refractivity contribution in [2.75, 3.05) is 19.8 Å². The van der Waals surface area contributed by atoms with Crippen molar-refractivity contribution < 1.29 is 29.5 Å². The van der Waals surface area contributed by atoms with Crippen LogP contribution in [0.2, 0.25) is 0 Å². The fourth-order valence-corrected chi connectivity index (χ4v) is 2.41. The SMILES string of the molecule is C[C@@H]1CO[C@H](O[C@H]2CC(O)COC2CO)C(O)C1. The smallest absolute Gasteiger partial charge is 0.183 e. The Bertz CT molecular complexity index is 261. The summed E-state index contributed by atoms with van der Waals surface area (Å²) in [7, 11) is 0. The quantitative estimate of drug-likeness (QED) is 0.620. The molecule has 6 atom stereocenters. The van der Waals surface area contributed by atoms with Crippen molar-refractivity contribution in [3.8, 4) is 0 Å². The van der Waals surface area contributed by atoms with Gasteiger partial charge in [-0.2, -0.15) is 0 Å². The third-order valence-corrected chi connectivity index (χ3v) is 3.41. The summed E-state index contributed by atoms with van der Waals surface area (Å²) in [5.41, 5.74) is 0. The first-order chi connectivity index (χ1) is 8.60. The molecule has 0 aromatic rings. The average Bonchev–Trinajstić information content (AvgIpc) is 2.33. The summed E-state index contributed by atoms with van der Waals surface area (Å²) in [5.74, 6) is 0.307. The molecular weight excluding hydrogens is 240 g/mol. The van der Waals surface area contributed by atoms with E-state index in [1.165, 1.54) is 0 Å². The van der Waals surface area contributed by atoms with Crippen LogP contribution < -0.4 is 0 Å². The van der Waals surface area contributed by atoms with Crippen LogP contribution in [0.15, 0.2) is 0 Å². The fourth-order valence-electron chi connectivity index (χ4n) is 2.41. The minimum Gasteiger partial charge on any atom is -0.394 e. The van der Waals surface area contributed by atoms with Crippen LogP contribution in [0.5, 0.6) is 0 Å². The lowest BCUT2D eigenvalue weighted by molar-refractivity contribution is -0.274. The van der Waals surface area contributed by atoms with Crippen molar-refractivity contribution >= 4 is 0 Å². The zero-order chi connectivity index (χ0) is 13.1. The largest absolute Gasteiger partial charge is 0.394 e. The monoisotopic (exact) mass is 262 g/mol. The van der Waals surface area contributed by atoms with Gasteiger partial charge >= 0.3 is 0 Å². The zero-order valence-electron chi connectivity index (χ0n) is 10.6. The van der Waals surface area contributed by atoms with Gasteiger partial charge in [0.2, 0.25) is 0 Å². The molecule has 2 fully saturated rings. The summed E-state index contributed by atoms with van der Waals surface area (Å²) in [6.45, 7) is 2.58. The van der Waals surface area contributed by atoms with Crippen LogP contribution >= 0.6 is 0 Å². The van der Waals surface area contributed by atoms with E-state index in [-0.39, 0.29) is 13.2 Å². The molecule has 0 spiro atoms. The van der Waals surface area contributed by atoms with Crippen LogP contribution in [-0.4, -0.2) is 65.8 Å². The van der Waals surface area contributed by atoms with Crippen LogP contribution in [0.1, 0.15) is 19.8 Å². The van der Waals surface area contributed by atoms with Crippen molar-refractivity contribution in [2.45, 2.75) is 50.5 Å². The van der Waals surface area contributed by atoms with E-state index in [0.717, 1.165) is 0 Å². The summed E-state index contributed by atoms with van der Waals surface area (Å²) >= 11 is 0. The normalized spacial score (nSPS) is 46.0. The molecule has 2 heterocycles. The Balaban J connectivity index is 1.90. The van der Waals surface area contributed by atoms with E-state index in [9.17, 15) is 15.3 Å². The molecule has 0 aromatic heterocycles. The molecular formula is C12H22O6. The standard InChI is InChI=1S/C12H22O6/c1-7-2-9(15)12(17-5-7)18-10-3-8(14)6-16-11(10)4-13/h7-15H,2-6H2,1H3/t7-,8?,9?,10-,11?,12+/m0/s1. The minimum atomic E-state index is -0.700. The molecule has 6 heteroatoms. The first-order valence-electron chi connectivity index (χ1n) is 6.45. The highest BCUT2D eigenvalue weighted by Gasteiger charge is 2.36. The molecule has 0 bridgehead atoms. The van der Waals surface area contributed by atoms with Crippen LogP contribution in [0.25, 0.3) is 0 Å². The molecule has 2 saturated heterocycles. The predicted octanol–water partition coefficient (Wildman–Crippen LogP) is -0.743. The molecule has 18 heavy (non-hydrogen) atoms. The van der Waals surface area contributed by atoms with Gasteiger partial charge in [-0.05, 0) is 12.3 Å². The van der Waals surface area contributed by atoms with Gasteiger partial charge in [0.05, 0.1) is 32.0 Å². The lowest BCUT2D eigenvalue weighted by Gasteiger charge is -2.38. The van der Waals surface area contributed by atoms with Crippen molar-refractivity contribution in [1.82, 2.24) is 0 Å². The van der Waals surface area contributed by atoms with Crippen LogP contribution in [-0.2, 0) is 14.2 Å². The highest BCUT2D eigenvalue weighted by atomic mass is 16.7. The third kappa shape index (κ3) is 3.40. The average molecular weight is 262 g/mol. The maximum atomic E-state index is 9.88. The Morgan fingerprint density at radius 3 is 2.61 bits per heavy atom. The number of aliphatic hydroxyl groups is 3. The summed E-state index contributed by atoms with van der Waals surface area (Å²) in [6, 6.07) is 0. The summed E-state index contributed by atoms with van der Waals surface area (Å²) in [5, 5.41) is 28.6. The molecule has 3 unspecified atom stereocenters. The van der Waals surface area contributed by atoms with Gasteiger partial charge in [-0.15, -0.1) is 0 Å². The Labute approximate surface area is 106 Å². The first kappa shape index (κ1) is 14.2. The molecule has 0 aliphatic carbocycles. The molecule has 0 aromatic carbocycles. The van der Waals surface area contributed by atoms with Crippen LogP contribution in [0, 0.1) is 5.92 Å². The maximum absolute atomic E-state index is 9.88. The van der Waals surface area contributed by atoms with Gasteiger partial charge in [0, 0.05) is 6.42 Å². The number of ether oxygens (including phenoxy) is 3. The second kappa shape index (κ2) is 6.27. The molecule has 0 saturated carbocycles. The molecule has 106 valence electrons. The Morgan fingerprint density at radius 1 is 1.17 bits per heavy atom. The number of hydrogen-bond acceptors (Lipinski definition) is 6. The molecule has 6 nitrogen and oxygen atoms in total. The number of hydrogen-bond donors (Lipinski definition) is 3. The Kier molecular flexibility index (Phi) is 4.94. The lowest BCUT2D eigenvalue weighted by atomic mass is 10.0. The molecule has 2 aliphatic rings. The van der Waals surface area contributed by atoms with E-state index in [0.29, 0.717) is 25.4 Å². The van der Waals surface area contributed by atoms with E-state index < -0.39 is 30.7 Å². The van der Waals surface area contributed by atoms with E-state index in [1.807, 2.05) is 6.92 Å². The van der Waals surface area contributed by atoms with Crippen molar-refractivity contribution in [2.24, 2.45) is 5.92 Å². The third-order valence-electron chi connectivity index (χ3n) is 3.41. The van der Waals surface area contributed by atoms with E-state index in [2.05, 4.69) is 0 Å². The summed E-state index contributed by atoms with van der Waals surface area (Å²) in [4.78, 5) is 0. The van der Waals surface area contributed by atoms with Gasteiger partial charge in [0.1, 0.15) is 12.2 Å². The number of aliphatic hydroxyl groups excluding tert-OH is 3. The van der Waals surface area contributed by atoms with Crippen molar-refractivity contribution in [1.29, 1.82) is 0 Å². The lowest BCUT2D eigenvalue weighted by Crippen LogP contribution is -2.49. The Hall–Kier alpha value is -0.240. The summed E-state index contributed by atoms with van der Waals surface area (Å²) < 4.78 is 16.4. The van der Waals surface area contributed by atoms with E-state index >= 15 is 0 Å². The highest BCUT2D eigenvalue weighted by molar-refractivity contribution is 4.81. The molecule has 2 aliphatic heterocycles. The van der Waals surface area contributed by atoms with E-state index in [4.69, 9.17) is 14.2 Å². The van der Waals surface area contributed by atoms with Crippen molar-refractivity contribution in [3.63, 3.8) is 0 Å². The van der Waals surface area contributed by atoms with Gasteiger partial charge in [-0.3, -0.25) is 0 Å². The van der Waals surface area contributed by atoms with Crippen molar-refractivity contribution in [3.05, 3.63) is 0 Å². The Morgan fingerprint density at radius 2 is 1.94 bits per heavy atom. The van der Waals surface area contributed by atoms with Gasteiger partial charge in [0.25, 0.3) is 0 Å². The first-order valence-corrected chi connectivity index (χ1v) is 6.45. The maximum Gasteiger partial charge on any atom is 0.183 e. The zero-order valence-corrected chi connectivity index (χ0v) is 10.6. The number of rotatable bonds is 3. The van der Waals surface area contributed by atoms with Gasteiger partial charge in [-0.1, -0.05) is 6.92 Å². The van der Waals surface area contributed by atoms with Crippen LogP contribution in [0.3, 0.4) is 0 Å². The van der Waals surface area contributed by atoms with Gasteiger partial charge in [-0.25, -0.2) is 0 Å².